The van der Waals surface area contributed by atoms with Crippen molar-refractivity contribution in [2.45, 2.75) is 25.2 Å². The Labute approximate surface area is 118 Å². The number of hydrogen-bond donors (Lipinski definition) is 2. The van der Waals surface area contributed by atoms with E-state index in [1.807, 2.05) is 13.8 Å². The summed E-state index contributed by atoms with van der Waals surface area (Å²) in [5, 5.41) is 13.7. The van der Waals surface area contributed by atoms with E-state index in [0.29, 0.717) is 18.0 Å². The third-order valence-corrected chi connectivity index (χ3v) is 4.24. The summed E-state index contributed by atoms with van der Waals surface area (Å²) < 4.78 is 26.7. The van der Waals surface area contributed by atoms with Gasteiger partial charge in [0, 0.05) is 25.3 Å². The van der Waals surface area contributed by atoms with Crippen LogP contribution in [0.25, 0.3) is 0 Å². The number of hydrogen-bond acceptors (Lipinski definition) is 5. The van der Waals surface area contributed by atoms with Crippen LogP contribution in [0.3, 0.4) is 0 Å². The lowest BCUT2D eigenvalue weighted by Crippen LogP contribution is -2.26. The van der Waals surface area contributed by atoms with Crippen LogP contribution in [0.1, 0.15) is 20.3 Å². The molecule has 1 rings (SSSR count). The average molecular weight is 301 g/mol. The molecule has 0 radical (unpaired) electrons. The van der Waals surface area contributed by atoms with Gasteiger partial charge in [-0.3, -0.25) is 10.1 Å². The summed E-state index contributed by atoms with van der Waals surface area (Å²) in [6.07, 6.45) is 0.665. The van der Waals surface area contributed by atoms with Gasteiger partial charge in [-0.05, 0) is 24.5 Å². The van der Waals surface area contributed by atoms with E-state index in [1.165, 1.54) is 18.2 Å². The Morgan fingerprint density at radius 1 is 1.35 bits per heavy atom. The lowest BCUT2D eigenvalue weighted by molar-refractivity contribution is -0.387. The van der Waals surface area contributed by atoms with Gasteiger partial charge in [-0.25, -0.2) is 13.1 Å². The number of sulfonamides is 1. The van der Waals surface area contributed by atoms with Crippen molar-refractivity contribution >= 4 is 21.4 Å². The fraction of sp³-hybridized carbons (Fsp3) is 0.500. The molecule has 0 aliphatic heterocycles. The molecule has 1 aromatic rings. The van der Waals surface area contributed by atoms with E-state index < -0.39 is 20.6 Å². The smallest absolute Gasteiger partial charge is 0.289 e. The molecule has 0 aromatic heterocycles. The molecule has 0 saturated carbocycles. The Morgan fingerprint density at radius 3 is 2.50 bits per heavy atom. The number of nitro benzene ring substituents is 1. The van der Waals surface area contributed by atoms with Crippen LogP contribution in [0.15, 0.2) is 23.1 Å². The second-order valence-electron chi connectivity index (χ2n) is 4.77. The van der Waals surface area contributed by atoms with Crippen molar-refractivity contribution in [2.75, 3.05) is 18.9 Å². The average Bonchev–Trinajstić information content (AvgIpc) is 2.37. The molecular weight excluding hydrogens is 282 g/mol. The molecule has 7 nitrogen and oxygen atoms in total. The second kappa shape index (κ2) is 6.67. The van der Waals surface area contributed by atoms with Gasteiger partial charge in [0.1, 0.15) is 0 Å². The molecule has 2 N–H and O–H groups in total. The van der Waals surface area contributed by atoms with E-state index in [2.05, 4.69) is 10.0 Å². The van der Waals surface area contributed by atoms with Crippen molar-refractivity contribution in [2.24, 2.45) is 5.92 Å². The van der Waals surface area contributed by atoms with E-state index in [-0.39, 0.29) is 11.4 Å². The predicted molar refractivity (Wildman–Crippen MR) is 77.3 cm³/mol. The molecule has 0 aliphatic rings. The zero-order valence-corrected chi connectivity index (χ0v) is 12.5. The molecule has 0 spiro atoms. The maximum atomic E-state index is 12.2. The number of nitrogens with zero attached hydrogens (tertiary/aromatic N) is 1. The minimum atomic E-state index is -3.90. The fourth-order valence-corrected chi connectivity index (χ4v) is 2.84. The highest BCUT2D eigenvalue weighted by Crippen LogP contribution is 2.26. The molecule has 0 unspecified atom stereocenters. The van der Waals surface area contributed by atoms with E-state index in [4.69, 9.17) is 0 Å². The van der Waals surface area contributed by atoms with Crippen molar-refractivity contribution in [1.82, 2.24) is 4.72 Å². The van der Waals surface area contributed by atoms with Crippen molar-refractivity contribution in [3.8, 4) is 0 Å². The van der Waals surface area contributed by atoms with Gasteiger partial charge >= 0.3 is 0 Å². The third kappa shape index (κ3) is 4.17. The molecule has 20 heavy (non-hydrogen) atoms. The van der Waals surface area contributed by atoms with E-state index in [1.54, 1.807) is 7.05 Å². The number of rotatable bonds is 7. The summed E-state index contributed by atoms with van der Waals surface area (Å²) in [4.78, 5) is 9.92. The quantitative estimate of drug-likeness (QED) is 0.592. The number of nitro groups is 1. The Balaban J connectivity index is 3.11. The van der Waals surface area contributed by atoms with Crippen LogP contribution in [0.2, 0.25) is 0 Å². The van der Waals surface area contributed by atoms with Crippen LogP contribution >= 0.6 is 0 Å². The molecule has 1 aromatic carbocycles. The standard InChI is InChI=1S/C12H19N3O4S/c1-9(2)6-7-14-20(18,19)12-8-10(13-3)4-5-11(12)15(16)17/h4-5,8-9,13-14H,6-7H2,1-3H3. The minimum absolute atomic E-state index is 0.251. The minimum Gasteiger partial charge on any atom is -0.388 e. The van der Waals surface area contributed by atoms with Crippen LogP contribution < -0.4 is 10.0 Å². The fourth-order valence-electron chi connectivity index (χ4n) is 1.60. The first-order valence-electron chi connectivity index (χ1n) is 6.23. The highest BCUT2D eigenvalue weighted by atomic mass is 32.2. The van der Waals surface area contributed by atoms with Crippen molar-refractivity contribution in [3.63, 3.8) is 0 Å². The predicted octanol–water partition coefficient (Wildman–Crippen LogP) is 1.96. The Morgan fingerprint density at radius 2 is 2.00 bits per heavy atom. The molecule has 0 amide bonds. The molecule has 112 valence electrons. The molecular formula is C12H19N3O4S. The Hall–Kier alpha value is -1.67. The molecule has 0 bridgehead atoms. The van der Waals surface area contributed by atoms with Gasteiger partial charge < -0.3 is 5.32 Å². The molecule has 0 heterocycles. The van der Waals surface area contributed by atoms with Crippen molar-refractivity contribution in [1.29, 1.82) is 0 Å². The van der Waals surface area contributed by atoms with Crippen molar-refractivity contribution in [3.05, 3.63) is 28.3 Å². The molecule has 0 atom stereocenters. The summed E-state index contributed by atoms with van der Waals surface area (Å²) >= 11 is 0. The van der Waals surface area contributed by atoms with Gasteiger partial charge in [0.25, 0.3) is 5.69 Å². The third-order valence-electron chi connectivity index (χ3n) is 2.75. The van der Waals surface area contributed by atoms with E-state index in [9.17, 15) is 18.5 Å². The maximum absolute atomic E-state index is 12.2. The molecule has 0 saturated heterocycles. The lowest BCUT2D eigenvalue weighted by Gasteiger charge is -2.10. The number of anilines is 1. The van der Waals surface area contributed by atoms with Gasteiger partial charge in [-0.15, -0.1) is 0 Å². The first kappa shape index (κ1) is 16.4. The summed E-state index contributed by atoms with van der Waals surface area (Å²) in [6, 6.07) is 3.91. The largest absolute Gasteiger partial charge is 0.388 e. The van der Waals surface area contributed by atoms with Gasteiger partial charge in [0.05, 0.1) is 4.92 Å². The van der Waals surface area contributed by atoms with Crippen LogP contribution in [-0.2, 0) is 10.0 Å². The van der Waals surface area contributed by atoms with Crippen LogP contribution in [0.4, 0.5) is 11.4 Å². The SMILES string of the molecule is CNc1ccc([N+](=O)[O-])c(S(=O)(=O)NCCC(C)C)c1. The van der Waals surface area contributed by atoms with Crippen LogP contribution in [0, 0.1) is 16.0 Å². The highest BCUT2D eigenvalue weighted by Gasteiger charge is 2.25. The maximum Gasteiger partial charge on any atom is 0.289 e. The molecule has 8 heteroatoms. The van der Waals surface area contributed by atoms with Gasteiger partial charge in [-0.1, -0.05) is 13.8 Å². The first-order chi connectivity index (χ1) is 9.27. The normalized spacial score (nSPS) is 11.6. The van der Waals surface area contributed by atoms with Gasteiger partial charge in [0.2, 0.25) is 10.0 Å². The summed E-state index contributed by atoms with van der Waals surface area (Å²) in [7, 11) is -2.28. The van der Waals surface area contributed by atoms with Gasteiger partial charge in [0.15, 0.2) is 4.90 Å². The molecule has 0 aliphatic carbocycles. The monoisotopic (exact) mass is 301 g/mol. The second-order valence-corrected chi connectivity index (χ2v) is 6.51. The number of benzene rings is 1. The van der Waals surface area contributed by atoms with E-state index >= 15 is 0 Å². The summed E-state index contributed by atoms with van der Waals surface area (Å²) in [5.74, 6) is 0.344. The zero-order chi connectivity index (χ0) is 15.3. The van der Waals surface area contributed by atoms with Crippen molar-refractivity contribution < 1.29 is 13.3 Å². The Kier molecular flexibility index (Phi) is 5.46. The number of nitrogens with one attached hydrogen (secondary N) is 2. The first-order valence-corrected chi connectivity index (χ1v) is 7.72. The summed E-state index contributed by atoms with van der Waals surface area (Å²) in [6.45, 7) is 4.19. The van der Waals surface area contributed by atoms with Crippen LogP contribution in [0.5, 0.6) is 0 Å². The molecule has 0 fully saturated rings. The summed E-state index contributed by atoms with van der Waals surface area (Å²) in [5.41, 5.74) is 0.0703. The van der Waals surface area contributed by atoms with Crippen LogP contribution in [-0.4, -0.2) is 26.9 Å². The van der Waals surface area contributed by atoms with Gasteiger partial charge in [-0.2, -0.15) is 0 Å². The Bertz CT molecular complexity index is 584. The lowest BCUT2D eigenvalue weighted by atomic mass is 10.1. The highest BCUT2D eigenvalue weighted by molar-refractivity contribution is 7.89. The zero-order valence-electron chi connectivity index (χ0n) is 11.7. The van der Waals surface area contributed by atoms with E-state index in [0.717, 1.165) is 0 Å². The topological polar surface area (TPSA) is 101 Å².